The first-order chi connectivity index (χ1) is 9.13. The number of aliphatic carboxylic acids is 1. The molecule has 1 aliphatic rings. The van der Waals surface area contributed by atoms with E-state index < -0.39 is 11.5 Å². The number of likely N-dealkylation sites (tertiary alicyclic amines) is 1. The van der Waals surface area contributed by atoms with Crippen molar-refractivity contribution < 1.29 is 9.90 Å². The van der Waals surface area contributed by atoms with E-state index in [9.17, 15) is 9.90 Å². The maximum Gasteiger partial charge on any atom is 0.305 e. The lowest BCUT2D eigenvalue weighted by molar-refractivity contribution is -0.140. The van der Waals surface area contributed by atoms with Crippen molar-refractivity contribution in [1.29, 1.82) is 0 Å². The molecule has 1 saturated heterocycles. The molecular weight excluding hydrogens is 238 g/mol. The van der Waals surface area contributed by atoms with Crippen LogP contribution in [0.15, 0.2) is 30.3 Å². The zero-order chi connectivity index (χ0) is 13.7. The Balaban J connectivity index is 2.30. The molecule has 2 rings (SSSR count). The lowest BCUT2D eigenvalue weighted by Crippen LogP contribution is -2.46. The van der Waals surface area contributed by atoms with Gasteiger partial charge in [0.1, 0.15) is 0 Å². The summed E-state index contributed by atoms with van der Waals surface area (Å²) in [6.45, 7) is 4.07. The summed E-state index contributed by atoms with van der Waals surface area (Å²) in [5.74, 6) is -0.726. The molecule has 1 unspecified atom stereocenters. The molecule has 1 aliphatic heterocycles. The van der Waals surface area contributed by atoms with Gasteiger partial charge in [0.2, 0.25) is 0 Å². The SMILES string of the molecule is CC(CC(=O)O)(c1ccccc1)N1CCCCCC1. The monoisotopic (exact) mass is 261 g/mol. The van der Waals surface area contributed by atoms with Crippen LogP contribution in [0.4, 0.5) is 0 Å². The van der Waals surface area contributed by atoms with Crippen LogP contribution >= 0.6 is 0 Å². The molecule has 1 fully saturated rings. The van der Waals surface area contributed by atoms with E-state index in [0.29, 0.717) is 0 Å². The third-order valence-corrected chi connectivity index (χ3v) is 4.20. The Kier molecular flexibility index (Phi) is 4.59. The van der Waals surface area contributed by atoms with Crippen molar-refractivity contribution >= 4 is 5.97 Å². The predicted octanol–water partition coefficient (Wildman–Crippen LogP) is 3.25. The average molecular weight is 261 g/mol. The highest BCUT2D eigenvalue weighted by Gasteiger charge is 2.35. The molecule has 1 atom stereocenters. The summed E-state index contributed by atoms with van der Waals surface area (Å²) in [4.78, 5) is 13.7. The second-order valence-electron chi connectivity index (χ2n) is 5.61. The van der Waals surface area contributed by atoms with Gasteiger partial charge >= 0.3 is 5.97 Å². The number of hydrogen-bond donors (Lipinski definition) is 1. The first-order valence-corrected chi connectivity index (χ1v) is 7.15. The predicted molar refractivity (Wildman–Crippen MR) is 76.1 cm³/mol. The molecule has 1 N–H and O–H groups in total. The summed E-state index contributed by atoms with van der Waals surface area (Å²) in [5, 5.41) is 9.28. The molecule has 1 heterocycles. The third-order valence-electron chi connectivity index (χ3n) is 4.20. The van der Waals surface area contributed by atoms with Crippen molar-refractivity contribution in [3.63, 3.8) is 0 Å². The lowest BCUT2D eigenvalue weighted by atomic mass is 9.86. The van der Waals surface area contributed by atoms with E-state index in [1.54, 1.807) is 0 Å². The Morgan fingerprint density at radius 1 is 1.16 bits per heavy atom. The Bertz CT molecular complexity index is 410. The Morgan fingerprint density at radius 2 is 1.74 bits per heavy atom. The Hall–Kier alpha value is -1.35. The van der Waals surface area contributed by atoms with Crippen molar-refractivity contribution in [3.8, 4) is 0 Å². The fourth-order valence-corrected chi connectivity index (χ4v) is 3.05. The zero-order valence-corrected chi connectivity index (χ0v) is 11.6. The van der Waals surface area contributed by atoms with Gasteiger partial charge in [0, 0.05) is 0 Å². The number of nitrogens with zero attached hydrogens (tertiary/aromatic N) is 1. The quantitative estimate of drug-likeness (QED) is 0.904. The minimum Gasteiger partial charge on any atom is -0.481 e. The van der Waals surface area contributed by atoms with E-state index in [2.05, 4.69) is 11.8 Å². The van der Waals surface area contributed by atoms with Crippen molar-refractivity contribution in [2.75, 3.05) is 13.1 Å². The number of hydrogen-bond acceptors (Lipinski definition) is 2. The van der Waals surface area contributed by atoms with Crippen molar-refractivity contribution in [3.05, 3.63) is 35.9 Å². The van der Waals surface area contributed by atoms with E-state index in [1.807, 2.05) is 30.3 Å². The van der Waals surface area contributed by atoms with Crippen LogP contribution in [0, 0.1) is 0 Å². The van der Waals surface area contributed by atoms with Gasteiger partial charge in [-0.1, -0.05) is 43.2 Å². The molecule has 0 radical (unpaired) electrons. The maximum absolute atomic E-state index is 11.3. The van der Waals surface area contributed by atoms with E-state index in [1.165, 1.54) is 25.7 Å². The number of carboxylic acid groups (broad SMARTS) is 1. The summed E-state index contributed by atoms with van der Waals surface area (Å²) in [6, 6.07) is 10.1. The molecule has 104 valence electrons. The molecule has 0 bridgehead atoms. The van der Waals surface area contributed by atoms with Crippen molar-refractivity contribution in [2.45, 2.75) is 44.6 Å². The second kappa shape index (κ2) is 6.20. The summed E-state index contributed by atoms with van der Waals surface area (Å²) < 4.78 is 0. The first kappa shape index (κ1) is 14.1. The van der Waals surface area contributed by atoms with Crippen LogP contribution in [0.3, 0.4) is 0 Å². The van der Waals surface area contributed by atoms with E-state index in [0.717, 1.165) is 18.7 Å². The molecule has 0 amide bonds. The van der Waals surface area contributed by atoms with Crippen LogP contribution in [0.2, 0.25) is 0 Å². The van der Waals surface area contributed by atoms with Crippen LogP contribution in [0.5, 0.6) is 0 Å². The Morgan fingerprint density at radius 3 is 2.26 bits per heavy atom. The smallest absolute Gasteiger partial charge is 0.305 e. The minimum absolute atomic E-state index is 0.164. The van der Waals surface area contributed by atoms with Gasteiger partial charge in [-0.15, -0.1) is 0 Å². The Labute approximate surface area is 115 Å². The third kappa shape index (κ3) is 3.35. The summed E-state index contributed by atoms with van der Waals surface area (Å²) in [7, 11) is 0. The molecule has 1 aromatic rings. The maximum atomic E-state index is 11.3. The second-order valence-corrected chi connectivity index (χ2v) is 5.61. The topological polar surface area (TPSA) is 40.5 Å². The lowest BCUT2D eigenvalue weighted by Gasteiger charge is -2.40. The van der Waals surface area contributed by atoms with Gasteiger partial charge in [-0.05, 0) is 38.4 Å². The van der Waals surface area contributed by atoms with Gasteiger partial charge in [0.25, 0.3) is 0 Å². The molecular formula is C16H23NO2. The fourth-order valence-electron chi connectivity index (χ4n) is 3.05. The molecule has 3 heteroatoms. The van der Waals surface area contributed by atoms with Gasteiger partial charge < -0.3 is 5.11 Å². The number of carbonyl (C=O) groups is 1. The molecule has 0 spiro atoms. The van der Waals surface area contributed by atoms with Crippen molar-refractivity contribution in [2.24, 2.45) is 0 Å². The average Bonchev–Trinajstić information content (AvgIpc) is 2.68. The van der Waals surface area contributed by atoms with Gasteiger partial charge in [0.15, 0.2) is 0 Å². The van der Waals surface area contributed by atoms with E-state index in [4.69, 9.17) is 0 Å². The highest BCUT2D eigenvalue weighted by atomic mass is 16.4. The molecule has 0 aromatic heterocycles. The molecule has 3 nitrogen and oxygen atoms in total. The van der Waals surface area contributed by atoms with Crippen molar-refractivity contribution in [1.82, 2.24) is 4.90 Å². The number of benzene rings is 1. The molecule has 19 heavy (non-hydrogen) atoms. The summed E-state index contributed by atoms with van der Waals surface area (Å²) in [5.41, 5.74) is 0.719. The van der Waals surface area contributed by atoms with E-state index >= 15 is 0 Å². The number of rotatable bonds is 4. The van der Waals surface area contributed by atoms with Crippen LogP contribution < -0.4 is 0 Å². The van der Waals surface area contributed by atoms with E-state index in [-0.39, 0.29) is 6.42 Å². The zero-order valence-electron chi connectivity index (χ0n) is 11.6. The highest BCUT2D eigenvalue weighted by molar-refractivity contribution is 5.68. The van der Waals surface area contributed by atoms with Crippen LogP contribution in [0.1, 0.15) is 44.6 Å². The molecule has 0 saturated carbocycles. The molecule has 1 aromatic carbocycles. The molecule has 0 aliphatic carbocycles. The normalized spacial score (nSPS) is 20.5. The van der Waals surface area contributed by atoms with Gasteiger partial charge in [-0.25, -0.2) is 0 Å². The van der Waals surface area contributed by atoms with Crippen LogP contribution in [-0.2, 0) is 10.3 Å². The largest absolute Gasteiger partial charge is 0.481 e. The number of carboxylic acids is 1. The highest BCUT2D eigenvalue weighted by Crippen LogP contribution is 2.33. The standard InChI is InChI=1S/C16H23NO2/c1-16(13-15(18)19,14-9-5-4-6-10-14)17-11-7-2-3-8-12-17/h4-6,9-10H,2-3,7-8,11-13H2,1H3,(H,18,19). The van der Waals surface area contributed by atoms with Crippen LogP contribution in [-0.4, -0.2) is 29.1 Å². The van der Waals surface area contributed by atoms with Gasteiger partial charge in [0.05, 0.1) is 12.0 Å². The fraction of sp³-hybridized carbons (Fsp3) is 0.562. The first-order valence-electron chi connectivity index (χ1n) is 7.15. The summed E-state index contributed by atoms with van der Waals surface area (Å²) >= 11 is 0. The minimum atomic E-state index is -0.726. The summed E-state index contributed by atoms with van der Waals surface area (Å²) in [6.07, 6.45) is 5.02. The van der Waals surface area contributed by atoms with Crippen LogP contribution in [0.25, 0.3) is 0 Å². The van der Waals surface area contributed by atoms with Gasteiger partial charge in [-0.3, -0.25) is 9.69 Å². The van der Waals surface area contributed by atoms with Gasteiger partial charge in [-0.2, -0.15) is 0 Å².